The number of thioether (sulfide) groups is 1. The number of rotatable bonds is 2. The molecule has 1 aliphatic carbocycles. The lowest BCUT2D eigenvalue weighted by Gasteiger charge is -2.39. The summed E-state index contributed by atoms with van der Waals surface area (Å²) in [6.45, 7) is 6.98. The summed E-state index contributed by atoms with van der Waals surface area (Å²) < 4.78 is 0. The van der Waals surface area contributed by atoms with E-state index < -0.39 is 0 Å². The van der Waals surface area contributed by atoms with E-state index in [0.29, 0.717) is 12.0 Å². The molecule has 0 bridgehead atoms. The van der Waals surface area contributed by atoms with Crippen LogP contribution in [0.1, 0.15) is 33.1 Å². The van der Waals surface area contributed by atoms with E-state index in [1.807, 2.05) is 0 Å². The van der Waals surface area contributed by atoms with Gasteiger partial charge in [0.25, 0.3) is 0 Å². The van der Waals surface area contributed by atoms with Gasteiger partial charge in [-0.05, 0) is 38.0 Å². The van der Waals surface area contributed by atoms with Crippen molar-refractivity contribution in [2.24, 2.45) is 11.8 Å². The zero-order chi connectivity index (χ0) is 11.5. The molecule has 0 radical (unpaired) electrons. The Balaban J connectivity index is 1.86. The van der Waals surface area contributed by atoms with Crippen molar-refractivity contribution in [2.75, 3.05) is 24.6 Å². The number of aliphatic hydroxyl groups excluding tert-OH is 1. The second kappa shape index (κ2) is 5.74. The van der Waals surface area contributed by atoms with Crippen LogP contribution >= 0.6 is 11.8 Å². The molecule has 2 rings (SSSR count). The van der Waals surface area contributed by atoms with Gasteiger partial charge in [0.1, 0.15) is 0 Å². The fourth-order valence-corrected chi connectivity index (χ4v) is 4.10. The van der Waals surface area contributed by atoms with Crippen molar-refractivity contribution in [1.82, 2.24) is 4.90 Å². The van der Waals surface area contributed by atoms with Crippen LogP contribution in [0.2, 0.25) is 0 Å². The van der Waals surface area contributed by atoms with Gasteiger partial charge in [0.2, 0.25) is 0 Å². The van der Waals surface area contributed by atoms with Gasteiger partial charge in [-0.2, -0.15) is 11.8 Å². The first-order chi connectivity index (χ1) is 7.66. The fraction of sp³-hybridized carbons (Fsp3) is 1.00. The molecule has 4 unspecified atom stereocenters. The fourth-order valence-electron chi connectivity index (χ4n) is 3.01. The van der Waals surface area contributed by atoms with Crippen molar-refractivity contribution in [1.29, 1.82) is 0 Å². The molecule has 0 amide bonds. The minimum absolute atomic E-state index is 0.0435. The van der Waals surface area contributed by atoms with E-state index in [0.717, 1.165) is 18.9 Å². The van der Waals surface area contributed by atoms with Gasteiger partial charge in [-0.15, -0.1) is 0 Å². The van der Waals surface area contributed by atoms with Crippen LogP contribution in [-0.4, -0.2) is 46.7 Å². The highest BCUT2D eigenvalue weighted by Gasteiger charge is 2.30. The molecule has 0 aromatic heterocycles. The van der Waals surface area contributed by atoms with E-state index in [1.165, 1.54) is 30.9 Å². The van der Waals surface area contributed by atoms with Crippen molar-refractivity contribution in [2.45, 2.75) is 45.3 Å². The summed E-state index contributed by atoms with van der Waals surface area (Å²) >= 11 is 2.07. The smallest absolute Gasteiger partial charge is 0.0580 e. The van der Waals surface area contributed by atoms with E-state index >= 15 is 0 Å². The highest BCUT2D eigenvalue weighted by Crippen LogP contribution is 2.30. The van der Waals surface area contributed by atoms with Crippen molar-refractivity contribution in [3.05, 3.63) is 0 Å². The Morgan fingerprint density at radius 3 is 2.88 bits per heavy atom. The third-order valence-corrected chi connectivity index (χ3v) is 5.37. The SMILES string of the molecule is CC1CCC(O)C(CN2CCSCC2C)C1. The molecule has 0 spiro atoms. The molecule has 1 aliphatic heterocycles. The molecule has 2 aliphatic rings. The van der Waals surface area contributed by atoms with Crippen LogP contribution in [0.3, 0.4) is 0 Å². The van der Waals surface area contributed by atoms with Crippen LogP contribution in [0.5, 0.6) is 0 Å². The lowest BCUT2D eigenvalue weighted by atomic mass is 9.80. The summed E-state index contributed by atoms with van der Waals surface area (Å²) in [6.07, 6.45) is 3.40. The molecule has 1 N–H and O–H groups in total. The molecular weight excluding hydrogens is 218 g/mol. The zero-order valence-corrected chi connectivity index (χ0v) is 11.4. The van der Waals surface area contributed by atoms with E-state index in [1.54, 1.807) is 0 Å². The standard InChI is InChI=1S/C13H25NOS/c1-10-3-4-13(15)12(7-10)8-14-5-6-16-9-11(14)2/h10-13,15H,3-9H2,1-2H3. The molecule has 0 aromatic carbocycles. The molecule has 16 heavy (non-hydrogen) atoms. The number of hydrogen-bond donors (Lipinski definition) is 1. The van der Waals surface area contributed by atoms with E-state index in [4.69, 9.17) is 0 Å². The number of nitrogens with zero attached hydrogens (tertiary/aromatic N) is 1. The van der Waals surface area contributed by atoms with Gasteiger partial charge in [-0.3, -0.25) is 4.90 Å². The van der Waals surface area contributed by atoms with Gasteiger partial charge in [-0.1, -0.05) is 6.92 Å². The summed E-state index contributed by atoms with van der Waals surface area (Å²) in [5.41, 5.74) is 0. The Morgan fingerprint density at radius 1 is 1.31 bits per heavy atom. The minimum atomic E-state index is -0.0435. The van der Waals surface area contributed by atoms with Crippen LogP contribution in [0.15, 0.2) is 0 Å². The van der Waals surface area contributed by atoms with Crippen molar-refractivity contribution >= 4 is 11.8 Å². The maximum absolute atomic E-state index is 10.1. The first-order valence-electron chi connectivity index (χ1n) is 6.66. The van der Waals surface area contributed by atoms with Crippen molar-refractivity contribution in [3.8, 4) is 0 Å². The Kier molecular flexibility index (Phi) is 4.57. The highest BCUT2D eigenvalue weighted by molar-refractivity contribution is 7.99. The summed E-state index contributed by atoms with van der Waals surface area (Å²) in [7, 11) is 0. The number of aliphatic hydroxyl groups is 1. The van der Waals surface area contributed by atoms with Crippen molar-refractivity contribution in [3.63, 3.8) is 0 Å². The zero-order valence-electron chi connectivity index (χ0n) is 10.6. The third-order valence-electron chi connectivity index (χ3n) is 4.18. The maximum Gasteiger partial charge on any atom is 0.0580 e. The summed E-state index contributed by atoms with van der Waals surface area (Å²) in [4.78, 5) is 2.59. The first-order valence-corrected chi connectivity index (χ1v) is 7.82. The van der Waals surface area contributed by atoms with Crippen LogP contribution < -0.4 is 0 Å². The molecule has 1 heterocycles. The van der Waals surface area contributed by atoms with Gasteiger partial charge in [0, 0.05) is 30.6 Å². The van der Waals surface area contributed by atoms with Gasteiger partial charge in [0.15, 0.2) is 0 Å². The van der Waals surface area contributed by atoms with Crippen LogP contribution in [0.25, 0.3) is 0 Å². The summed E-state index contributed by atoms with van der Waals surface area (Å²) in [5.74, 6) is 3.86. The molecule has 1 saturated carbocycles. The van der Waals surface area contributed by atoms with Gasteiger partial charge in [-0.25, -0.2) is 0 Å². The predicted molar refractivity (Wildman–Crippen MR) is 70.9 cm³/mol. The van der Waals surface area contributed by atoms with Crippen LogP contribution in [0.4, 0.5) is 0 Å². The first kappa shape index (κ1) is 12.7. The lowest BCUT2D eigenvalue weighted by molar-refractivity contribution is 0.0257. The average molecular weight is 243 g/mol. The summed E-state index contributed by atoms with van der Waals surface area (Å²) in [6, 6.07) is 0.697. The van der Waals surface area contributed by atoms with Gasteiger partial charge < -0.3 is 5.11 Å². The Morgan fingerprint density at radius 2 is 2.12 bits per heavy atom. The lowest BCUT2D eigenvalue weighted by Crippen LogP contribution is -2.46. The molecule has 94 valence electrons. The molecule has 4 atom stereocenters. The maximum atomic E-state index is 10.1. The Labute approximate surface area is 104 Å². The van der Waals surface area contributed by atoms with Gasteiger partial charge >= 0.3 is 0 Å². The molecule has 2 fully saturated rings. The van der Waals surface area contributed by atoms with Gasteiger partial charge in [0.05, 0.1) is 6.10 Å². The predicted octanol–water partition coefficient (Wildman–Crippen LogP) is 2.22. The monoisotopic (exact) mass is 243 g/mol. The van der Waals surface area contributed by atoms with Crippen LogP contribution in [-0.2, 0) is 0 Å². The number of hydrogen-bond acceptors (Lipinski definition) is 3. The van der Waals surface area contributed by atoms with E-state index in [2.05, 4.69) is 30.5 Å². The van der Waals surface area contributed by atoms with Crippen molar-refractivity contribution < 1.29 is 5.11 Å². The molecule has 3 heteroatoms. The second-order valence-corrected chi connectivity index (χ2v) is 6.81. The largest absolute Gasteiger partial charge is 0.393 e. The highest BCUT2D eigenvalue weighted by atomic mass is 32.2. The molecule has 0 aromatic rings. The Hall–Kier alpha value is 0.270. The van der Waals surface area contributed by atoms with Crippen LogP contribution in [0, 0.1) is 11.8 Å². The molecular formula is C13H25NOS. The normalized spacial score (nSPS) is 42.2. The Bertz CT molecular complexity index is 224. The minimum Gasteiger partial charge on any atom is -0.393 e. The summed E-state index contributed by atoms with van der Waals surface area (Å²) in [5, 5.41) is 10.1. The third kappa shape index (κ3) is 3.14. The molecule has 2 nitrogen and oxygen atoms in total. The topological polar surface area (TPSA) is 23.5 Å². The average Bonchev–Trinajstić information content (AvgIpc) is 2.27. The van der Waals surface area contributed by atoms with E-state index in [-0.39, 0.29) is 6.10 Å². The molecule has 1 saturated heterocycles. The second-order valence-electron chi connectivity index (χ2n) is 5.66. The van der Waals surface area contributed by atoms with E-state index in [9.17, 15) is 5.11 Å². The quantitative estimate of drug-likeness (QED) is 0.804.